The lowest BCUT2D eigenvalue weighted by Crippen LogP contribution is -2.71. The zero-order chi connectivity index (χ0) is 27.7. The fourth-order valence-electron chi connectivity index (χ4n) is 9.75. The number of esters is 3. The minimum Gasteiger partial charge on any atom is -0.468 e. The van der Waals surface area contributed by atoms with Gasteiger partial charge in [-0.2, -0.15) is 0 Å². The highest BCUT2D eigenvalue weighted by Gasteiger charge is 2.88. The Morgan fingerprint density at radius 1 is 1.08 bits per heavy atom. The van der Waals surface area contributed by atoms with Gasteiger partial charge in [0.2, 0.25) is 0 Å². The smallest absolute Gasteiger partial charge is 0.321 e. The number of rotatable bonds is 2. The van der Waals surface area contributed by atoms with Crippen LogP contribution in [0.3, 0.4) is 0 Å². The van der Waals surface area contributed by atoms with Crippen molar-refractivity contribution in [3.05, 3.63) is 11.6 Å². The highest BCUT2D eigenvalue weighted by Crippen LogP contribution is 2.78. The number of aliphatic hydroxyl groups is 1. The van der Waals surface area contributed by atoms with Crippen LogP contribution < -0.4 is 0 Å². The summed E-state index contributed by atoms with van der Waals surface area (Å²) in [7, 11) is 1.17. The molecule has 37 heavy (non-hydrogen) atoms. The quantitative estimate of drug-likeness (QED) is 0.254. The molecule has 0 unspecified atom stereocenters. The lowest BCUT2D eigenvalue weighted by molar-refractivity contribution is -0.216. The van der Waals surface area contributed by atoms with Gasteiger partial charge in [0, 0.05) is 29.6 Å². The molecule has 0 aromatic rings. The first-order valence-corrected chi connectivity index (χ1v) is 12.9. The molecule has 2 bridgehead atoms. The molecule has 9 nitrogen and oxygen atoms in total. The summed E-state index contributed by atoms with van der Waals surface area (Å²) >= 11 is 0. The predicted molar refractivity (Wildman–Crippen MR) is 128 cm³/mol. The number of methoxy groups -OCH3 is 1. The molecule has 0 radical (unpaired) electrons. The van der Waals surface area contributed by atoms with E-state index in [0.717, 1.165) is 6.92 Å². The van der Waals surface area contributed by atoms with Crippen molar-refractivity contribution in [3.63, 3.8) is 0 Å². The van der Waals surface area contributed by atoms with Gasteiger partial charge in [0.25, 0.3) is 0 Å². The molecule has 5 rings (SSSR count). The summed E-state index contributed by atoms with van der Waals surface area (Å²) in [4.78, 5) is 67.6. The van der Waals surface area contributed by atoms with Crippen LogP contribution in [0.2, 0.25) is 0 Å². The standard InChI is InChI=1S/C28H36O9/c1-13-11-16-24(5,28(22(33)35-8)20(31)26(7,34)19(30)25(13,28)6)12-15-18-23(3,4)17(36-14(2)29)9-10-27(16,18)21(32)37-15/h11,15-18,34H,9-10,12H2,1-8H3/t15-,16+,17-,18+,24-,25-,26-,27+,28+/m0/s1. The summed E-state index contributed by atoms with van der Waals surface area (Å²) in [6, 6.07) is 0. The third-order valence-electron chi connectivity index (χ3n) is 11.2. The van der Waals surface area contributed by atoms with Crippen molar-refractivity contribution in [2.24, 2.45) is 38.9 Å². The highest BCUT2D eigenvalue weighted by molar-refractivity contribution is 6.30. The average Bonchev–Trinajstić information content (AvgIpc) is 3.11. The third kappa shape index (κ3) is 2.44. The van der Waals surface area contributed by atoms with Crippen LogP contribution in [0.1, 0.15) is 67.7 Å². The summed E-state index contributed by atoms with van der Waals surface area (Å²) < 4.78 is 17.0. The summed E-state index contributed by atoms with van der Waals surface area (Å²) in [5.41, 5.74) is -8.71. The molecule has 4 fully saturated rings. The lowest BCUT2D eigenvalue weighted by Gasteiger charge is -2.66. The van der Waals surface area contributed by atoms with Gasteiger partial charge < -0.3 is 19.3 Å². The van der Waals surface area contributed by atoms with E-state index in [1.54, 1.807) is 13.8 Å². The number of hydrogen-bond acceptors (Lipinski definition) is 9. The Hall–Kier alpha value is -2.55. The molecule has 1 aliphatic heterocycles. The predicted octanol–water partition coefficient (Wildman–Crippen LogP) is 2.32. The van der Waals surface area contributed by atoms with Crippen LogP contribution >= 0.6 is 0 Å². The van der Waals surface area contributed by atoms with E-state index in [1.165, 1.54) is 21.0 Å². The Bertz CT molecular complexity index is 1200. The molecule has 9 atom stereocenters. The third-order valence-corrected chi connectivity index (χ3v) is 11.2. The van der Waals surface area contributed by atoms with Gasteiger partial charge in [-0.15, -0.1) is 0 Å². The molecule has 4 aliphatic carbocycles. The SMILES string of the molecule is COC(=O)[C@@]12C(=O)[C@@](C)(O)C(=O)[C@]1(C)C(C)=C[C@H]1[C@]34CC[C@H](OC(C)=O)C(C)(C)[C@H]3[C@H](C[C@@]12C)OC4=O. The van der Waals surface area contributed by atoms with E-state index < -0.39 is 80.3 Å². The monoisotopic (exact) mass is 516 g/mol. The van der Waals surface area contributed by atoms with Gasteiger partial charge in [-0.1, -0.05) is 32.4 Å². The number of carbonyl (C=O) groups is 5. The molecule has 1 N–H and O–H groups in total. The van der Waals surface area contributed by atoms with E-state index in [2.05, 4.69) is 0 Å². The number of carbonyl (C=O) groups excluding carboxylic acids is 5. The normalized spacial score (nSPS) is 49.3. The van der Waals surface area contributed by atoms with Crippen LogP contribution in [0.5, 0.6) is 0 Å². The first-order valence-electron chi connectivity index (χ1n) is 12.9. The lowest BCUT2D eigenvalue weighted by atomic mass is 9.33. The fourth-order valence-corrected chi connectivity index (χ4v) is 9.75. The molecular formula is C28H36O9. The van der Waals surface area contributed by atoms with Crippen molar-refractivity contribution in [1.82, 2.24) is 0 Å². The van der Waals surface area contributed by atoms with Crippen LogP contribution in [-0.2, 0) is 38.2 Å². The molecule has 0 aromatic carbocycles. The highest BCUT2D eigenvalue weighted by atomic mass is 16.6. The maximum atomic E-state index is 14.2. The summed E-state index contributed by atoms with van der Waals surface area (Å²) in [5.74, 6) is -4.36. The molecule has 0 amide bonds. The van der Waals surface area contributed by atoms with Crippen molar-refractivity contribution in [1.29, 1.82) is 0 Å². The molecule has 0 spiro atoms. The van der Waals surface area contributed by atoms with E-state index >= 15 is 0 Å². The Morgan fingerprint density at radius 2 is 1.70 bits per heavy atom. The summed E-state index contributed by atoms with van der Waals surface area (Å²) in [5, 5.41) is 11.2. The largest absolute Gasteiger partial charge is 0.468 e. The van der Waals surface area contributed by atoms with Gasteiger partial charge in [0.15, 0.2) is 22.6 Å². The van der Waals surface area contributed by atoms with Crippen molar-refractivity contribution in [3.8, 4) is 0 Å². The van der Waals surface area contributed by atoms with Crippen molar-refractivity contribution in [2.75, 3.05) is 7.11 Å². The number of allylic oxidation sites excluding steroid dienone is 2. The van der Waals surface area contributed by atoms with E-state index in [9.17, 15) is 29.1 Å². The summed E-state index contributed by atoms with van der Waals surface area (Å²) in [6.45, 7) is 11.4. The fraction of sp³-hybridized carbons (Fsp3) is 0.750. The second kappa shape index (κ2) is 7.10. The van der Waals surface area contributed by atoms with Crippen molar-refractivity contribution < 1.29 is 43.3 Å². The van der Waals surface area contributed by atoms with Crippen LogP contribution in [-0.4, -0.2) is 59.5 Å². The van der Waals surface area contributed by atoms with Crippen LogP contribution in [0, 0.1) is 38.9 Å². The maximum Gasteiger partial charge on any atom is 0.321 e. The number of ketones is 2. The van der Waals surface area contributed by atoms with Gasteiger partial charge in [-0.25, -0.2) is 0 Å². The second-order valence-electron chi connectivity index (χ2n) is 13.0. The first-order chi connectivity index (χ1) is 16.9. The van der Waals surface area contributed by atoms with Crippen molar-refractivity contribution >= 4 is 29.5 Å². The first kappa shape index (κ1) is 26.1. The van der Waals surface area contributed by atoms with Crippen molar-refractivity contribution in [2.45, 2.75) is 85.5 Å². The number of Topliss-reactive ketones (excluding diaryl/α,β-unsaturated/α-hetero) is 2. The zero-order valence-electron chi connectivity index (χ0n) is 22.7. The second-order valence-corrected chi connectivity index (χ2v) is 13.0. The van der Waals surface area contributed by atoms with Gasteiger partial charge in [-0.05, 0) is 40.0 Å². The Labute approximate surface area is 216 Å². The van der Waals surface area contributed by atoms with E-state index in [-0.39, 0.29) is 12.3 Å². The van der Waals surface area contributed by atoms with Gasteiger partial charge in [0.1, 0.15) is 12.2 Å². The van der Waals surface area contributed by atoms with Crippen LogP contribution in [0.25, 0.3) is 0 Å². The van der Waals surface area contributed by atoms with E-state index in [0.29, 0.717) is 18.4 Å². The van der Waals surface area contributed by atoms with Gasteiger partial charge in [0.05, 0.1) is 17.9 Å². The number of ether oxygens (including phenoxy) is 3. The molecule has 3 saturated carbocycles. The molecule has 9 heteroatoms. The zero-order valence-corrected chi connectivity index (χ0v) is 22.7. The minimum atomic E-state index is -2.40. The number of hydrogen-bond donors (Lipinski definition) is 1. The summed E-state index contributed by atoms with van der Waals surface area (Å²) in [6.07, 6.45) is 1.57. The van der Waals surface area contributed by atoms with Gasteiger partial charge >= 0.3 is 17.9 Å². The minimum absolute atomic E-state index is 0.107. The molecule has 0 aromatic heterocycles. The van der Waals surface area contributed by atoms with E-state index in [1.807, 2.05) is 19.9 Å². The molecular weight excluding hydrogens is 480 g/mol. The Kier molecular flexibility index (Phi) is 5.00. The topological polar surface area (TPSA) is 133 Å². The Balaban J connectivity index is 1.81. The molecule has 1 heterocycles. The van der Waals surface area contributed by atoms with Gasteiger partial charge in [-0.3, -0.25) is 24.0 Å². The molecule has 1 saturated heterocycles. The molecule has 5 aliphatic rings. The Morgan fingerprint density at radius 3 is 2.27 bits per heavy atom. The molecule has 202 valence electrons. The average molecular weight is 517 g/mol. The van der Waals surface area contributed by atoms with E-state index in [4.69, 9.17) is 14.2 Å². The van der Waals surface area contributed by atoms with Crippen LogP contribution in [0.4, 0.5) is 0 Å². The maximum absolute atomic E-state index is 14.2. The number of fused-ring (bicyclic) bond motifs is 3. The van der Waals surface area contributed by atoms with Crippen LogP contribution in [0.15, 0.2) is 11.6 Å².